The molecule has 0 saturated carbocycles. The number of nitro benzene ring substituents is 1. The molecule has 4 aromatic rings. The molecule has 0 aliphatic heterocycles. The monoisotopic (exact) mass is 279 g/mol. The number of non-ortho nitro benzene ring substituents is 1. The van der Waals surface area contributed by atoms with E-state index >= 15 is 0 Å². The molecule has 0 unspecified atom stereocenters. The highest BCUT2D eigenvalue weighted by molar-refractivity contribution is 7.18. The van der Waals surface area contributed by atoms with Crippen LogP contribution in [0.5, 0.6) is 0 Å². The quantitative estimate of drug-likeness (QED) is 0.276. The molecule has 0 radical (unpaired) electrons. The highest BCUT2D eigenvalue weighted by Gasteiger charge is 2.16. The molecule has 4 rings (SSSR count). The van der Waals surface area contributed by atoms with E-state index in [1.807, 2.05) is 36.4 Å². The summed E-state index contributed by atoms with van der Waals surface area (Å²) in [7, 11) is 0. The minimum absolute atomic E-state index is 0.170. The normalized spacial score (nSPS) is 11.4. The van der Waals surface area contributed by atoms with Crippen molar-refractivity contribution in [2.24, 2.45) is 0 Å². The predicted octanol–water partition coefficient (Wildman–Crippen LogP) is 5.12. The Morgan fingerprint density at radius 3 is 2.50 bits per heavy atom. The molecule has 0 spiro atoms. The van der Waals surface area contributed by atoms with Crippen molar-refractivity contribution in [3.8, 4) is 0 Å². The van der Waals surface area contributed by atoms with Crippen molar-refractivity contribution in [1.29, 1.82) is 0 Å². The minimum atomic E-state index is -0.305. The average Bonchev–Trinajstić information content (AvgIpc) is 2.94. The smallest absolute Gasteiger partial charge is 0.258 e. The van der Waals surface area contributed by atoms with Gasteiger partial charge in [0.25, 0.3) is 5.69 Å². The van der Waals surface area contributed by atoms with Gasteiger partial charge in [-0.25, -0.2) is 0 Å². The molecule has 4 heteroatoms. The fourth-order valence-corrected chi connectivity index (χ4v) is 3.71. The lowest BCUT2D eigenvalue weighted by atomic mass is 9.99. The van der Waals surface area contributed by atoms with Gasteiger partial charge in [0.05, 0.1) is 10.3 Å². The first-order chi connectivity index (χ1) is 9.75. The molecule has 0 aliphatic rings. The summed E-state index contributed by atoms with van der Waals surface area (Å²) in [5.41, 5.74) is 0.170. The molecule has 0 amide bonds. The lowest BCUT2D eigenvalue weighted by Crippen LogP contribution is -1.90. The Labute approximate surface area is 118 Å². The summed E-state index contributed by atoms with van der Waals surface area (Å²) in [5.74, 6) is 0. The molecule has 0 atom stereocenters. The summed E-state index contributed by atoms with van der Waals surface area (Å²) in [6.45, 7) is 0. The van der Waals surface area contributed by atoms with Crippen molar-refractivity contribution in [2.45, 2.75) is 0 Å². The number of nitrogens with zero attached hydrogens (tertiary/aromatic N) is 1. The third-order valence-corrected chi connectivity index (χ3v) is 4.56. The number of nitro groups is 1. The Morgan fingerprint density at radius 2 is 1.70 bits per heavy atom. The molecule has 0 aliphatic carbocycles. The van der Waals surface area contributed by atoms with Gasteiger partial charge in [0, 0.05) is 16.2 Å². The predicted molar refractivity (Wildman–Crippen MR) is 83.5 cm³/mol. The maximum atomic E-state index is 11.3. The van der Waals surface area contributed by atoms with Gasteiger partial charge in [-0.2, -0.15) is 0 Å². The molecule has 3 nitrogen and oxygen atoms in total. The SMILES string of the molecule is O=[N+]([O-])c1cc2ccc3ccsc3c2c2ccccc12. The van der Waals surface area contributed by atoms with E-state index in [1.165, 1.54) is 10.1 Å². The van der Waals surface area contributed by atoms with Crippen LogP contribution in [0.2, 0.25) is 0 Å². The molecule has 1 heterocycles. The van der Waals surface area contributed by atoms with Gasteiger partial charge >= 0.3 is 0 Å². The average molecular weight is 279 g/mol. The van der Waals surface area contributed by atoms with Crippen LogP contribution in [0.3, 0.4) is 0 Å². The van der Waals surface area contributed by atoms with Crippen molar-refractivity contribution in [2.75, 3.05) is 0 Å². The highest BCUT2D eigenvalue weighted by atomic mass is 32.1. The van der Waals surface area contributed by atoms with Crippen LogP contribution >= 0.6 is 11.3 Å². The Hall–Kier alpha value is -2.46. The van der Waals surface area contributed by atoms with Gasteiger partial charge in [-0.15, -0.1) is 11.3 Å². The summed E-state index contributed by atoms with van der Waals surface area (Å²) < 4.78 is 1.19. The Morgan fingerprint density at radius 1 is 0.950 bits per heavy atom. The van der Waals surface area contributed by atoms with E-state index in [1.54, 1.807) is 17.4 Å². The lowest BCUT2D eigenvalue weighted by Gasteiger charge is -2.06. The zero-order valence-electron chi connectivity index (χ0n) is 10.4. The van der Waals surface area contributed by atoms with Crippen LogP contribution in [0.25, 0.3) is 31.6 Å². The summed E-state index contributed by atoms with van der Waals surface area (Å²) in [6, 6.07) is 15.3. The summed E-state index contributed by atoms with van der Waals surface area (Å²) in [4.78, 5) is 11.0. The van der Waals surface area contributed by atoms with Crippen LogP contribution in [-0.2, 0) is 0 Å². The van der Waals surface area contributed by atoms with Crippen molar-refractivity contribution in [3.63, 3.8) is 0 Å². The van der Waals surface area contributed by atoms with Crippen molar-refractivity contribution in [3.05, 3.63) is 64.0 Å². The zero-order valence-corrected chi connectivity index (χ0v) is 11.2. The van der Waals surface area contributed by atoms with Crippen molar-refractivity contribution < 1.29 is 4.92 Å². The van der Waals surface area contributed by atoms with Gasteiger partial charge in [-0.3, -0.25) is 10.1 Å². The number of hydrogen-bond acceptors (Lipinski definition) is 3. The molecular weight excluding hydrogens is 270 g/mol. The second kappa shape index (κ2) is 4.02. The van der Waals surface area contributed by atoms with E-state index in [-0.39, 0.29) is 10.6 Å². The van der Waals surface area contributed by atoms with Crippen LogP contribution in [-0.4, -0.2) is 4.92 Å². The number of benzene rings is 3. The third kappa shape index (κ3) is 1.45. The fraction of sp³-hybridized carbons (Fsp3) is 0. The number of fused-ring (bicyclic) bond motifs is 5. The third-order valence-electron chi connectivity index (χ3n) is 3.62. The molecule has 3 aromatic carbocycles. The van der Waals surface area contributed by atoms with E-state index in [4.69, 9.17) is 0 Å². The molecule has 0 saturated heterocycles. The van der Waals surface area contributed by atoms with E-state index in [9.17, 15) is 10.1 Å². The molecule has 0 fully saturated rings. The maximum absolute atomic E-state index is 11.3. The topological polar surface area (TPSA) is 43.1 Å². The molecule has 0 bridgehead atoms. The van der Waals surface area contributed by atoms with Gasteiger partial charge in [0.1, 0.15) is 0 Å². The number of rotatable bonds is 1. The molecule has 20 heavy (non-hydrogen) atoms. The number of thiophene rings is 1. The second-order valence-corrected chi connectivity index (χ2v) is 5.62. The Bertz CT molecular complexity index is 988. The van der Waals surface area contributed by atoms with Crippen molar-refractivity contribution in [1.82, 2.24) is 0 Å². The standard InChI is InChI=1S/C16H9NO2S/c18-17(19)14-9-11-6-5-10-7-8-20-16(10)15(11)13-4-2-1-3-12(13)14/h1-9H. The summed E-state index contributed by atoms with van der Waals surface area (Å²) in [6.07, 6.45) is 0. The Balaban J connectivity index is 2.35. The first-order valence-corrected chi connectivity index (χ1v) is 7.10. The first-order valence-electron chi connectivity index (χ1n) is 6.22. The lowest BCUT2D eigenvalue weighted by molar-refractivity contribution is -0.382. The fourth-order valence-electron chi connectivity index (χ4n) is 2.75. The highest BCUT2D eigenvalue weighted by Crippen LogP contribution is 2.38. The molecule has 0 N–H and O–H groups in total. The largest absolute Gasteiger partial charge is 0.277 e. The van der Waals surface area contributed by atoms with E-state index < -0.39 is 0 Å². The van der Waals surface area contributed by atoms with Gasteiger partial charge in [-0.05, 0) is 33.7 Å². The van der Waals surface area contributed by atoms with Crippen LogP contribution in [0.1, 0.15) is 0 Å². The maximum Gasteiger partial charge on any atom is 0.277 e. The molecule has 96 valence electrons. The van der Waals surface area contributed by atoms with Gasteiger partial charge in [0.2, 0.25) is 0 Å². The first kappa shape index (κ1) is 11.4. The van der Waals surface area contributed by atoms with E-state index in [0.29, 0.717) is 5.39 Å². The van der Waals surface area contributed by atoms with E-state index in [2.05, 4.69) is 11.4 Å². The van der Waals surface area contributed by atoms with Gasteiger partial charge in [-0.1, -0.05) is 30.3 Å². The molecular formula is C16H9NO2S. The van der Waals surface area contributed by atoms with Gasteiger partial charge < -0.3 is 0 Å². The Kier molecular flexibility index (Phi) is 2.28. The summed E-state index contributed by atoms with van der Waals surface area (Å²) >= 11 is 1.68. The van der Waals surface area contributed by atoms with Crippen LogP contribution in [0.15, 0.2) is 53.9 Å². The zero-order chi connectivity index (χ0) is 13.7. The van der Waals surface area contributed by atoms with E-state index in [0.717, 1.165) is 16.2 Å². The van der Waals surface area contributed by atoms with Crippen LogP contribution < -0.4 is 0 Å². The van der Waals surface area contributed by atoms with Gasteiger partial charge in [0.15, 0.2) is 0 Å². The summed E-state index contributed by atoms with van der Waals surface area (Å²) in [5, 5.41) is 18.2. The second-order valence-electron chi connectivity index (χ2n) is 4.70. The van der Waals surface area contributed by atoms with Crippen LogP contribution in [0.4, 0.5) is 5.69 Å². The number of hydrogen-bond donors (Lipinski definition) is 0. The minimum Gasteiger partial charge on any atom is -0.258 e. The van der Waals surface area contributed by atoms with Crippen molar-refractivity contribution >= 4 is 48.7 Å². The van der Waals surface area contributed by atoms with Crippen LogP contribution in [0, 0.1) is 10.1 Å². The molecule has 1 aromatic heterocycles.